The monoisotopic (exact) mass is 440 g/mol. The van der Waals surface area contributed by atoms with Gasteiger partial charge in [-0.15, -0.1) is 0 Å². The molecule has 1 N–H and O–H groups in total. The summed E-state index contributed by atoms with van der Waals surface area (Å²) in [5.41, 5.74) is 5.93. The molecule has 5 rings (SSSR count). The molecule has 3 aromatic carbocycles. The Labute approximate surface area is 194 Å². The average Bonchev–Trinajstić information content (AvgIpc) is 3.17. The number of hydrogen-bond donors (Lipinski definition) is 1. The Hall–Kier alpha value is -3.64. The molecule has 0 aromatic heterocycles. The number of carbonyl (C=O) groups is 1. The van der Waals surface area contributed by atoms with E-state index < -0.39 is 5.92 Å². The molecule has 1 saturated heterocycles. The highest BCUT2D eigenvalue weighted by molar-refractivity contribution is 6.13. The summed E-state index contributed by atoms with van der Waals surface area (Å²) in [6.45, 7) is 4.23. The molecule has 1 unspecified atom stereocenters. The van der Waals surface area contributed by atoms with Gasteiger partial charge in [0, 0.05) is 43.8 Å². The number of aliphatic imine (C=N–C) groups is 1. The van der Waals surface area contributed by atoms with Crippen LogP contribution in [-0.4, -0.2) is 57.4 Å². The molecule has 0 saturated carbocycles. The zero-order valence-corrected chi connectivity index (χ0v) is 19.0. The molecule has 0 aliphatic carbocycles. The van der Waals surface area contributed by atoms with Crippen molar-refractivity contribution in [3.05, 3.63) is 72.3 Å². The number of ether oxygens (including phenoxy) is 1. The number of amides is 1. The highest BCUT2D eigenvalue weighted by Gasteiger charge is 2.29. The summed E-state index contributed by atoms with van der Waals surface area (Å²) in [6.07, 6.45) is 1.75. The Bertz CT molecular complexity index is 1180. The Morgan fingerprint density at radius 3 is 2.48 bits per heavy atom. The van der Waals surface area contributed by atoms with Gasteiger partial charge in [-0.1, -0.05) is 24.3 Å². The zero-order valence-electron chi connectivity index (χ0n) is 19.0. The summed E-state index contributed by atoms with van der Waals surface area (Å²) in [7, 11) is 3.82. The summed E-state index contributed by atoms with van der Waals surface area (Å²) in [5, 5.41) is 3.01. The standard InChI is InChI=1S/C27H28N4O2/c1-30-12-14-31(15-13-30)22-9-7-21(8-10-22)28-18-25-24-11-6-20(17-26(24)29-27(25)32)19-4-3-5-23(16-19)33-2/h3-11,16-18,25H,12-15H2,1-2H3,(H,29,32). The number of piperazine rings is 1. The Balaban J connectivity index is 1.31. The number of nitrogens with one attached hydrogen (secondary N) is 1. The summed E-state index contributed by atoms with van der Waals surface area (Å²) in [5.74, 6) is 0.364. The Morgan fingerprint density at radius 1 is 0.970 bits per heavy atom. The first kappa shape index (κ1) is 21.2. The molecule has 1 fully saturated rings. The molecule has 168 valence electrons. The second kappa shape index (κ2) is 9.08. The van der Waals surface area contributed by atoms with Crippen molar-refractivity contribution in [2.24, 2.45) is 4.99 Å². The predicted molar refractivity (Wildman–Crippen MR) is 134 cm³/mol. The molecule has 0 radical (unpaired) electrons. The van der Waals surface area contributed by atoms with Gasteiger partial charge in [0.15, 0.2) is 0 Å². The van der Waals surface area contributed by atoms with Crippen LogP contribution < -0.4 is 15.0 Å². The molecule has 6 nitrogen and oxygen atoms in total. The number of carbonyl (C=O) groups excluding carboxylic acids is 1. The summed E-state index contributed by atoms with van der Waals surface area (Å²) in [4.78, 5) is 22.0. The van der Waals surface area contributed by atoms with E-state index in [1.54, 1.807) is 13.3 Å². The quantitative estimate of drug-likeness (QED) is 0.592. The highest BCUT2D eigenvalue weighted by atomic mass is 16.5. The molecule has 33 heavy (non-hydrogen) atoms. The maximum atomic E-state index is 12.7. The first-order valence-electron chi connectivity index (χ1n) is 11.3. The van der Waals surface area contributed by atoms with Crippen molar-refractivity contribution in [2.45, 2.75) is 5.92 Å². The highest BCUT2D eigenvalue weighted by Crippen LogP contribution is 2.36. The second-order valence-corrected chi connectivity index (χ2v) is 8.59. The van der Waals surface area contributed by atoms with Crippen LogP contribution in [0.5, 0.6) is 5.75 Å². The van der Waals surface area contributed by atoms with Crippen molar-refractivity contribution in [1.82, 2.24) is 4.90 Å². The third kappa shape index (κ3) is 4.47. The minimum Gasteiger partial charge on any atom is -0.497 e. The van der Waals surface area contributed by atoms with Crippen LogP contribution >= 0.6 is 0 Å². The average molecular weight is 441 g/mol. The zero-order chi connectivity index (χ0) is 22.8. The second-order valence-electron chi connectivity index (χ2n) is 8.59. The van der Waals surface area contributed by atoms with Gasteiger partial charge in [-0.25, -0.2) is 0 Å². The first-order valence-corrected chi connectivity index (χ1v) is 11.3. The van der Waals surface area contributed by atoms with Crippen molar-refractivity contribution >= 4 is 29.2 Å². The van der Waals surface area contributed by atoms with Crippen LogP contribution in [0.1, 0.15) is 11.5 Å². The van der Waals surface area contributed by atoms with Crippen LogP contribution in [0.25, 0.3) is 11.1 Å². The minimum absolute atomic E-state index is 0.0504. The lowest BCUT2D eigenvalue weighted by molar-refractivity contribution is -0.115. The lowest BCUT2D eigenvalue weighted by atomic mass is 9.97. The minimum atomic E-state index is -0.392. The third-order valence-electron chi connectivity index (χ3n) is 6.42. The third-order valence-corrected chi connectivity index (χ3v) is 6.42. The normalized spacial score (nSPS) is 18.4. The fraction of sp³-hybridized carbons (Fsp3) is 0.259. The van der Waals surface area contributed by atoms with Crippen LogP contribution in [0.3, 0.4) is 0 Å². The molecular formula is C27H28N4O2. The number of benzene rings is 3. The van der Waals surface area contributed by atoms with Crippen LogP contribution in [0, 0.1) is 0 Å². The van der Waals surface area contributed by atoms with Gasteiger partial charge in [-0.3, -0.25) is 9.79 Å². The molecule has 6 heteroatoms. The topological polar surface area (TPSA) is 57.2 Å². The van der Waals surface area contributed by atoms with E-state index in [1.807, 2.05) is 54.6 Å². The van der Waals surface area contributed by atoms with Gasteiger partial charge >= 0.3 is 0 Å². The van der Waals surface area contributed by atoms with E-state index in [-0.39, 0.29) is 5.91 Å². The Kier molecular flexibility index (Phi) is 5.84. The maximum Gasteiger partial charge on any atom is 0.237 e. The number of anilines is 2. The molecule has 0 bridgehead atoms. The predicted octanol–water partition coefficient (Wildman–Crippen LogP) is 4.55. The Morgan fingerprint density at radius 2 is 1.73 bits per heavy atom. The van der Waals surface area contributed by atoms with Crippen LogP contribution in [-0.2, 0) is 4.79 Å². The number of nitrogens with zero attached hydrogens (tertiary/aromatic N) is 3. The first-order chi connectivity index (χ1) is 16.1. The van der Waals surface area contributed by atoms with Crippen molar-refractivity contribution < 1.29 is 9.53 Å². The fourth-order valence-corrected chi connectivity index (χ4v) is 4.39. The summed E-state index contributed by atoms with van der Waals surface area (Å²) < 4.78 is 5.33. The van der Waals surface area contributed by atoms with Crippen LogP contribution in [0.4, 0.5) is 17.1 Å². The van der Waals surface area contributed by atoms with Gasteiger partial charge in [-0.2, -0.15) is 0 Å². The van der Waals surface area contributed by atoms with Gasteiger partial charge in [0.05, 0.1) is 12.8 Å². The van der Waals surface area contributed by atoms with Gasteiger partial charge in [0.25, 0.3) is 0 Å². The summed E-state index contributed by atoms with van der Waals surface area (Å²) in [6, 6.07) is 22.2. The number of likely N-dealkylation sites (N-methyl/N-ethyl adjacent to an activating group) is 1. The van der Waals surface area contributed by atoms with E-state index in [4.69, 9.17) is 4.74 Å². The lowest BCUT2D eigenvalue weighted by Crippen LogP contribution is -2.44. The SMILES string of the molecule is COc1cccc(-c2ccc3c(c2)NC(=O)C3C=Nc2ccc(N3CCN(C)CC3)cc2)c1. The van der Waals surface area contributed by atoms with Crippen molar-refractivity contribution in [1.29, 1.82) is 0 Å². The largest absolute Gasteiger partial charge is 0.497 e. The lowest BCUT2D eigenvalue weighted by Gasteiger charge is -2.34. The van der Waals surface area contributed by atoms with Gasteiger partial charge in [0.2, 0.25) is 5.91 Å². The van der Waals surface area contributed by atoms with Crippen molar-refractivity contribution in [3.8, 4) is 16.9 Å². The number of rotatable bonds is 5. The number of methoxy groups -OCH3 is 1. The smallest absolute Gasteiger partial charge is 0.237 e. The van der Waals surface area contributed by atoms with E-state index >= 15 is 0 Å². The summed E-state index contributed by atoms with van der Waals surface area (Å²) >= 11 is 0. The maximum absolute atomic E-state index is 12.7. The van der Waals surface area contributed by atoms with E-state index in [0.29, 0.717) is 0 Å². The van der Waals surface area contributed by atoms with Crippen LogP contribution in [0.2, 0.25) is 0 Å². The number of fused-ring (bicyclic) bond motifs is 1. The van der Waals surface area contributed by atoms with Gasteiger partial charge in [0.1, 0.15) is 11.7 Å². The van der Waals surface area contributed by atoms with Crippen molar-refractivity contribution in [2.75, 3.05) is 50.6 Å². The van der Waals surface area contributed by atoms with E-state index in [9.17, 15) is 4.79 Å². The molecule has 1 atom stereocenters. The molecular weight excluding hydrogens is 412 g/mol. The van der Waals surface area contributed by atoms with Crippen molar-refractivity contribution in [3.63, 3.8) is 0 Å². The van der Waals surface area contributed by atoms with E-state index in [0.717, 1.165) is 60.0 Å². The molecule has 1 amide bonds. The van der Waals surface area contributed by atoms with Gasteiger partial charge in [-0.05, 0) is 66.2 Å². The van der Waals surface area contributed by atoms with E-state index in [1.165, 1.54) is 5.69 Å². The fourth-order valence-electron chi connectivity index (χ4n) is 4.39. The van der Waals surface area contributed by atoms with Gasteiger partial charge < -0.3 is 19.9 Å². The molecule has 2 heterocycles. The van der Waals surface area contributed by atoms with E-state index in [2.05, 4.69) is 39.3 Å². The molecule has 0 spiro atoms. The molecule has 2 aliphatic heterocycles. The number of hydrogen-bond acceptors (Lipinski definition) is 5. The molecule has 3 aromatic rings. The van der Waals surface area contributed by atoms with Crippen LogP contribution in [0.15, 0.2) is 71.7 Å². The molecule has 2 aliphatic rings.